The summed E-state index contributed by atoms with van der Waals surface area (Å²) in [5.41, 5.74) is 1.65. The first kappa shape index (κ1) is 18.6. The van der Waals surface area contributed by atoms with Crippen LogP contribution in [-0.2, 0) is 4.79 Å². The second-order valence-electron chi connectivity index (χ2n) is 6.30. The number of aromatic nitrogens is 2. The molecule has 0 spiro atoms. The van der Waals surface area contributed by atoms with E-state index in [1.807, 2.05) is 13.8 Å². The van der Waals surface area contributed by atoms with E-state index in [1.165, 1.54) is 18.3 Å². The van der Waals surface area contributed by atoms with Crippen molar-refractivity contribution in [2.45, 2.75) is 33.2 Å². The van der Waals surface area contributed by atoms with Crippen molar-refractivity contribution in [3.63, 3.8) is 0 Å². The lowest BCUT2D eigenvalue weighted by Crippen LogP contribution is -2.46. The zero-order valence-corrected chi connectivity index (χ0v) is 14.8. The molecule has 0 aliphatic carbocycles. The first-order valence-electron chi connectivity index (χ1n) is 8.16. The number of amides is 2. The molecule has 25 heavy (non-hydrogen) atoms. The maximum atomic E-state index is 13.1. The van der Waals surface area contributed by atoms with Gasteiger partial charge in [0.25, 0.3) is 5.91 Å². The van der Waals surface area contributed by atoms with Gasteiger partial charge in [-0.05, 0) is 43.5 Å². The average molecular weight is 346 g/mol. The molecule has 0 saturated heterocycles. The van der Waals surface area contributed by atoms with Crippen molar-refractivity contribution < 1.29 is 14.0 Å². The largest absolute Gasteiger partial charge is 0.357 e. The summed E-state index contributed by atoms with van der Waals surface area (Å²) in [6, 6.07) is 5.23. The zero-order valence-electron chi connectivity index (χ0n) is 14.8. The molecule has 0 fully saturated rings. The zero-order chi connectivity index (χ0) is 18.6. The van der Waals surface area contributed by atoms with Crippen molar-refractivity contribution in [2.75, 3.05) is 7.05 Å². The van der Waals surface area contributed by atoms with Gasteiger partial charge < -0.3 is 10.6 Å². The van der Waals surface area contributed by atoms with E-state index in [1.54, 1.807) is 30.8 Å². The summed E-state index contributed by atoms with van der Waals surface area (Å²) in [6.07, 6.45) is 1.99. The number of rotatable bonds is 6. The van der Waals surface area contributed by atoms with Crippen molar-refractivity contribution in [1.29, 1.82) is 0 Å². The second-order valence-corrected chi connectivity index (χ2v) is 6.30. The van der Waals surface area contributed by atoms with Crippen molar-refractivity contribution in [2.24, 2.45) is 5.92 Å². The molecule has 0 saturated carbocycles. The van der Waals surface area contributed by atoms with E-state index in [-0.39, 0.29) is 23.5 Å². The Hall–Kier alpha value is -2.70. The van der Waals surface area contributed by atoms with Crippen molar-refractivity contribution >= 4 is 11.8 Å². The molecule has 2 N–H and O–H groups in total. The van der Waals surface area contributed by atoms with Crippen LogP contribution in [0.4, 0.5) is 4.39 Å². The number of likely N-dealkylation sites (N-methyl/N-ethyl adjacent to an activating group) is 1. The third-order valence-electron chi connectivity index (χ3n) is 3.90. The van der Waals surface area contributed by atoms with Crippen LogP contribution in [0.5, 0.6) is 0 Å². The first-order valence-corrected chi connectivity index (χ1v) is 8.16. The fourth-order valence-electron chi connectivity index (χ4n) is 2.59. The van der Waals surface area contributed by atoms with Crippen LogP contribution in [0.25, 0.3) is 5.69 Å². The van der Waals surface area contributed by atoms with Gasteiger partial charge in [0.05, 0.1) is 23.1 Å². The molecule has 134 valence electrons. The topological polar surface area (TPSA) is 76.0 Å². The molecule has 1 aromatic heterocycles. The number of halogens is 1. The number of hydrogen-bond acceptors (Lipinski definition) is 3. The van der Waals surface area contributed by atoms with E-state index in [0.717, 1.165) is 0 Å². The van der Waals surface area contributed by atoms with Crippen molar-refractivity contribution in [3.8, 4) is 5.69 Å². The van der Waals surface area contributed by atoms with Crippen LogP contribution in [0, 0.1) is 18.7 Å². The van der Waals surface area contributed by atoms with E-state index in [9.17, 15) is 14.0 Å². The fourth-order valence-corrected chi connectivity index (χ4v) is 2.59. The molecular weight excluding hydrogens is 323 g/mol. The summed E-state index contributed by atoms with van der Waals surface area (Å²) in [4.78, 5) is 24.5. The molecule has 0 aliphatic heterocycles. The third-order valence-corrected chi connectivity index (χ3v) is 3.90. The highest BCUT2D eigenvalue weighted by molar-refractivity contribution is 5.98. The van der Waals surface area contributed by atoms with E-state index in [4.69, 9.17) is 0 Å². The standard InChI is InChI=1S/C18H23FN4O2/c1-11(2)9-16(18(25)20-4)22-17(24)15-10-21-23(12(15)3)14-7-5-13(19)6-8-14/h5-8,10-11,16H,9H2,1-4H3,(H,20,25)(H,22,24). The Labute approximate surface area is 146 Å². The number of nitrogens with one attached hydrogen (secondary N) is 2. The number of nitrogens with zero attached hydrogens (tertiary/aromatic N) is 2. The summed E-state index contributed by atoms with van der Waals surface area (Å²) in [6.45, 7) is 5.72. The van der Waals surface area contributed by atoms with Crippen LogP contribution in [-0.4, -0.2) is 34.7 Å². The average Bonchev–Trinajstić information content (AvgIpc) is 2.95. The molecule has 7 heteroatoms. The summed E-state index contributed by atoms with van der Waals surface area (Å²) in [7, 11) is 1.54. The summed E-state index contributed by atoms with van der Waals surface area (Å²) in [5, 5.41) is 9.54. The smallest absolute Gasteiger partial charge is 0.255 e. The van der Waals surface area contributed by atoms with Gasteiger partial charge >= 0.3 is 0 Å². The van der Waals surface area contributed by atoms with Gasteiger partial charge in [-0.3, -0.25) is 9.59 Å². The van der Waals surface area contributed by atoms with Gasteiger partial charge in [0, 0.05) is 7.05 Å². The van der Waals surface area contributed by atoms with Crippen LogP contribution >= 0.6 is 0 Å². The maximum Gasteiger partial charge on any atom is 0.255 e. The lowest BCUT2D eigenvalue weighted by Gasteiger charge is -2.19. The number of hydrogen-bond donors (Lipinski definition) is 2. The molecule has 0 bridgehead atoms. The fraction of sp³-hybridized carbons (Fsp3) is 0.389. The SMILES string of the molecule is CNC(=O)C(CC(C)C)NC(=O)c1cnn(-c2ccc(F)cc2)c1C. The lowest BCUT2D eigenvalue weighted by molar-refractivity contribution is -0.122. The predicted octanol–water partition coefficient (Wildman–Crippen LogP) is 2.21. The molecule has 1 unspecified atom stereocenters. The van der Waals surface area contributed by atoms with E-state index in [0.29, 0.717) is 23.4 Å². The quantitative estimate of drug-likeness (QED) is 0.842. The Morgan fingerprint density at radius 2 is 1.88 bits per heavy atom. The summed E-state index contributed by atoms with van der Waals surface area (Å²) >= 11 is 0. The molecule has 1 atom stereocenters. The molecule has 2 rings (SSSR count). The van der Waals surface area contributed by atoms with Gasteiger partial charge in [-0.1, -0.05) is 13.8 Å². The van der Waals surface area contributed by atoms with Crippen LogP contribution in [0.3, 0.4) is 0 Å². The molecule has 2 aromatic rings. The van der Waals surface area contributed by atoms with Crippen LogP contribution < -0.4 is 10.6 Å². The Balaban J connectivity index is 2.22. The number of carbonyl (C=O) groups excluding carboxylic acids is 2. The van der Waals surface area contributed by atoms with Crippen LogP contribution in [0.2, 0.25) is 0 Å². The van der Waals surface area contributed by atoms with Gasteiger partial charge in [0.15, 0.2) is 0 Å². The van der Waals surface area contributed by atoms with Crippen LogP contribution in [0.1, 0.15) is 36.3 Å². The van der Waals surface area contributed by atoms with Gasteiger partial charge in [-0.2, -0.15) is 5.10 Å². The normalized spacial score (nSPS) is 12.1. The first-order chi connectivity index (χ1) is 11.8. The molecule has 2 amide bonds. The minimum Gasteiger partial charge on any atom is -0.357 e. The minimum atomic E-state index is -0.605. The highest BCUT2D eigenvalue weighted by Crippen LogP contribution is 2.15. The molecular formula is C18H23FN4O2. The maximum absolute atomic E-state index is 13.1. The molecule has 1 aromatic carbocycles. The number of benzene rings is 1. The summed E-state index contributed by atoms with van der Waals surface area (Å²) in [5.74, 6) is -0.676. The summed E-state index contributed by atoms with van der Waals surface area (Å²) < 4.78 is 14.6. The van der Waals surface area contributed by atoms with Crippen LogP contribution in [0.15, 0.2) is 30.5 Å². The van der Waals surface area contributed by atoms with Gasteiger partial charge in [0.1, 0.15) is 11.9 Å². The highest BCUT2D eigenvalue weighted by atomic mass is 19.1. The number of carbonyl (C=O) groups is 2. The van der Waals surface area contributed by atoms with Gasteiger partial charge in [-0.25, -0.2) is 9.07 Å². The third kappa shape index (κ3) is 4.43. The molecule has 6 nitrogen and oxygen atoms in total. The Morgan fingerprint density at radius 1 is 1.24 bits per heavy atom. The van der Waals surface area contributed by atoms with E-state index < -0.39 is 6.04 Å². The predicted molar refractivity (Wildman–Crippen MR) is 93.0 cm³/mol. The Bertz CT molecular complexity index is 753. The monoisotopic (exact) mass is 346 g/mol. The van der Waals surface area contributed by atoms with E-state index in [2.05, 4.69) is 15.7 Å². The molecule has 0 radical (unpaired) electrons. The van der Waals surface area contributed by atoms with Gasteiger partial charge in [-0.15, -0.1) is 0 Å². The molecule has 0 aliphatic rings. The van der Waals surface area contributed by atoms with E-state index >= 15 is 0 Å². The van der Waals surface area contributed by atoms with Gasteiger partial charge in [0.2, 0.25) is 5.91 Å². The Kier molecular flexibility index (Phi) is 5.90. The molecule has 1 heterocycles. The Morgan fingerprint density at radius 3 is 2.44 bits per heavy atom. The lowest BCUT2D eigenvalue weighted by atomic mass is 10.0. The van der Waals surface area contributed by atoms with Crippen molar-refractivity contribution in [1.82, 2.24) is 20.4 Å². The minimum absolute atomic E-state index is 0.231. The highest BCUT2D eigenvalue weighted by Gasteiger charge is 2.23. The second kappa shape index (κ2) is 7.92. The van der Waals surface area contributed by atoms with Crippen molar-refractivity contribution in [3.05, 3.63) is 47.5 Å².